The first-order valence-electron chi connectivity index (χ1n) is 6.78. The van der Waals surface area contributed by atoms with Crippen molar-refractivity contribution in [2.45, 2.75) is 39.8 Å². The first-order valence-corrected chi connectivity index (χ1v) is 6.78. The minimum absolute atomic E-state index is 0.0522. The lowest BCUT2D eigenvalue weighted by Crippen LogP contribution is -2.39. The number of hydrogen-bond acceptors (Lipinski definition) is 3. The summed E-state index contributed by atoms with van der Waals surface area (Å²) < 4.78 is 18.9. The molecule has 1 aromatic rings. The number of carbonyl (C=O) groups is 1. The Morgan fingerprint density at radius 2 is 2.00 bits per heavy atom. The van der Waals surface area contributed by atoms with E-state index in [1.54, 1.807) is 13.0 Å². The third-order valence-corrected chi connectivity index (χ3v) is 3.23. The van der Waals surface area contributed by atoms with Gasteiger partial charge in [-0.2, -0.15) is 0 Å². The zero-order valence-corrected chi connectivity index (χ0v) is 12.4. The van der Waals surface area contributed by atoms with Gasteiger partial charge in [0, 0.05) is 12.1 Å². The number of benzene rings is 1. The van der Waals surface area contributed by atoms with Crippen LogP contribution in [0, 0.1) is 11.7 Å². The molecule has 2 unspecified atom stereocenters. The molecule has 4 nitrogen and oxygen atoms in total. The van der Waals surface area contributed by atoms with Crippen molar-refractivity contribution in [2.24, 2.45) is 11.7 Å². The number of nitrogens with one attached hydrogen (secondary N) is 1. The van der Waals surface area contributed by atoms with Gasteiger partial charge in [0.25, 0.3) is 5.91 Å². The molecule has 0 aliphatic rings. The smallest absolute Gasteiger partial charge is 0.258 e. The molecule has 20 heavy (non-hydrogen) atoms. The van der Waals surface area contributed by atoms with E-state index in [1.807, 2.05) is 20.8 Å². The van der Waals surface area contributed by atoms with Gasteiger partial charge >= 0.3 is 0 Å². The SMILES string of the molecule is CC(N)c1ccc(OCC(=O)NC(C)C(C)C)c(F)c1. The van der Waals surface area contributed by atoms with Gasteiger partial charge in [0.15, 0.2) is 18.2 Å². The lowest BCUT2D eigenvalue weighted by molar-refractivity contribution is -0.124. The predicted molar refractivity (Wildman–Crippen MR) is 76.9 cm³/mol. The van der Waals surface area contributed by atoms with Crippen molar-refractivity contribution >= 4 is 5.91 Å². The molecule has 0 saturated heterocycles. The van der Waals surface area contributed by atoms with Gasteiger partial charge in [-0.1, -0.05) is 19.9 Å². The fourth-order valence-electron chi connectivity index (χ4n) is 1.52. The average molecular weight is 282 g/mol. The molecule has 0 radical (unpaired) electrons. The van der Waals surface area contributed by atoms with Crippen LogP contribution >= 0.6 is 0 Å². The summed E-state index contributed by atoms with van der Waals surface area (Å²) in [4.78, 5) is 11.6. The van der Waals surface area contributed by atoms with Crippen molar-refractivity contribution < 1.29 is 13.9 Å². The van der Waals surface area contributed by atoms with Gasteiger partial charge in [0.2, 0.25) is 0 Å². The second-order valence-corrected chi connectivity index (χ2v) is 5.37. The van der Waals surface area contributed by atoms with E-state index in [9.17, 15) is 9.18 Å². The van der Waals surface area contributed by atoms with Crippen molar-refractivity contribution in [3.63, 3.8) is 0 Å². The molecule has 1 rings (SSSR count). The highest BCUT2D eigenvalue weighted by Crippen LogP contribution is 2.21. The Balaban J connectivity index is 2.56. The summed E-state index contributed by atoms with van der Waals surface area (Å²) in [6.07, 6.45) is 0. The number of carbonyl (C=O) groups excluding carboxylic acids is 1. The zero-order valence-electron chi connectivity index (χ0n) is 12.4. The van der Waals surface area contributed by atoms with Crippen LogP contribution in [0.3, 0.4) is 0 Å². The Hall–Kier alpha value is -1.62. The molecule has 0 saturated carbocycles. The van der Waals surface area contributed by atoms with E-state index in [2.05, 4.69) is 5.32 Å². The third-order valence-electron chi connectivity index (χ3n) is 3.23. The number of amides is 1. The lowest BCUT2D eigenvalue weighted by atomic mass is 10.1. The van der Waals surface area contributed by atoms with Gasteiger partial charge in [0.05, 0.1) is 0 Å². The van der Waals surface area contributed by atoms with Crippen LogP contribution in [0.1, 0.15) is 39.3 Å². The predicted octanol–water partition coefficient (Wildman–Crippen LogP) is 2.38. The third kappa shape index (κ3) is 4.81. The number of hydrogen-bond donors (Lipinski definition) is 2. The number of nitrogens with two attached hydrogens (primary N) is 1. The largest absolute Gasteiger partial charge is 0.481 e. The zero-order chi connectivity index (χ0) is 15.3. The number of ether oxygens (including phenoxy) is 1. The van der Waals surface area contributed by atoms with Crippen LogP contribution in [0.15, 0.2) is 18.2 Å². The summed E-state index contributed by atoms with van der Waals surface area (Å²) in [5.74, 6) is -0.380. The molecule has 0 fully saturated rings. The van der Waals surface area contributed by atoms with Crippen LogP contribution < -0.4 is 15.8 Å². The maximum atomic E-state index is 13.7. The molecule has 5 heteroatoms. The van der Waals surface area contributed by atoms with Crippen LogP contribution in [-0.4, -0.2) is 18.6 Å². The molecule has 1 aromatic carbocycles. The van der Waals surface area contributed by atoms with E-state index >= 15 is 0 Å². The molecule has 0 aliphatic carbocycles. The molecule has 0 spiro atoms. The molecule has 112 valence electrons. The summed E-state index contributed by atoms with van der Waals surface area (Å²) >= 11 is 0. The van der Waals surface area contributed by atoms with Crippen molar-refractivity contribution in [1.82, 2.24) is 5.32 Å². The van der Waals surface area contributed by atoms with Crippen LogP contribution in [-0.2, 0) is 4.79 Å². The molecule has 3 N–H and O–H groups in total. The van der Waals surface area contributed by atoms with Gasteiger partial charge in [-0.3, -0.25) is 4.79 Å². The molecular formula is C15H23FN2O2. The first-order chi connectivity index (χ1) is 9.31. The molecule has 0 heterocycles. The maximum absolute atomic E-state index is 13.7. The highest BCUT2D eigenvalue weighted by molar-refractivity contribution is 5.77. The molecule has 0 aliphatic heterocycles. The fourth-order valence-corrected chi connectivity index (χ4v) is 1.52. The minimum Gasteiger partial charge on any atom is -0.481 e. The standard InChI is InChI=1S/C15H23FN2O2/c1-9(2)11(4)18-15(19)8-20-14-6-5-12(10(3)17)7-13(14)16/h5-7,9-11H,8,17H2,1-4H3,(H,18,19). The Morgan fingerprint density at radius 1 is 1.35 bits per heavy atom. The van der Waals surface area contributed by atoms with Crippen molar-refractivity contribution in [1.29, 1.82) is 0 Å². The van der Waals surface area contributed by atoms with E-state index in [4.69, 9.17) is 10.5 Å². The summed E-state index contributed by atoms with van der Waals surface area (Å²) in [5.41, 5.74) is 6.35. The van der Waals surface area contributed by atoms with Crippen molar-refractivity contribution in [3.8, 4) is 5.75 Å². The average Bonchev–Trinajstić information content (AvgIpc) is 2.36. The van der Waals surface area contributed by atoms with E-state index in [1.165, 1.54) is 12.1 Å². The summed E-state index contributed by atoms with van der Waals surface area (Å²) in [5, 5.41) is 2.79. The highest BCUT2D eigenvalue weighted by atomic mass is 19.1. The quantitative estimate of drug-likeness (QED) is 0.842. The molecule has 2 atom stereocenters. The minimum atomic E-state index is -0.510. The van der Waals surface area contributed by atoms with Crippen LogP contribution in [0.2, 0.25) is 0 Å². The summed E-state index contributed by atoms with van der Waals surface area (Å²) in [6.45, 7) is 7.51. The Kier molecular flexibility index (Phi) is 5.95. The molecule has 0 bridgehead atoms. The number of rotatable bonds is 6. The van der Waals surface area contributed by atoms with Crippen LogP contribution in [0.25, 0.3) is 0 Å². The molecular weight excluding hydrogens is 259 g/mol. The lowest BCUT2D eigenvalue weighted by Gasteiger charge is -2.17. The van der Waals surface area contributed by atoms with Crippen LogP contribution in [0.5, 0.6) is 5.75 Å². The summed E-state index contributed by atoms with van der Waals surface area (Å²) in [6, 6.07) is 4.32. The van der Waals surface area contributed by atoms with Crippen molar-refractivity contribution in [2.75, 3.05) is 6.61 Å². The van der Waals surface area contributed by atoms with E-state index in [0.29, 0.717) is 11.5 Å². The number of halogens is 1. The highest BCUT2D eigenvalue weighted by Gasteiger charge is 2.13. The Bertz CT molecular complexity index is 461. The normalized spacial score (nSPS) is 13.9. The van der Waals surface area contributed by atoms with E-state index in [-0.39, 0.29) is 30.3 Å². The molecule has 0 aromatic heterocycles. The van der Waals surface area contributed by atoms with E-state index in [0.717, 1.165) is 0 Å². The Morgan fingerprint density at radius 3 is 2.50 bits per heavy atom. The maximum Gasteiger partial charge on any atom is 0.258 e. The summed E-state index contributed by atoms with van der Waals surface area (Å²) in [7, 11) is 0. The van der Waals surface area contributed by atoms with Gasteiger partial charge in [-0.05, 0) is 37.5 Å². The second kappa shape index (κ2) is 7.24. The Labute approximate surface area is 119 Å². The van der Waals surface area contributed by atoms with Gasteiger partial charge in [0.1, 0.15) is 0 Å². The van der Waals surface area contributed by atoms with Gasteiger partial charge < -0.3 is 15.8 Å². The van der Waals surface area contributed by atoms with Gasteiger partial charge in [-0.15, -0.1) is 0 Å². The fraction of sp³-hybridized carbons (Fsp3) is 0.533. The van der Waals surface area contributed by atoms with Gasteiger partial charge in [-0.25, -0.2) is 4.39 Å². The second-order valence-electron chi connectivity index (χ2n) is 5.37. The van der Waals surface area contributed by atoms with Crippen LogP contribution in [0.4, 0.5) is 4.39 Å². The van der Waals surface area contributed by atoms with E-state index < -0.39 is 5.82 Å². The van der Waals surface area contributed by atoms with Crippen molar-refractivity contribution in [3.05, 3.63) is 29.6 Å². The monoisotopic (exact) mass is 282 g/mol. The topological polar surface area (TPSA) is 64.3 Å². The first kappa shape index (κ1) is 16.4. The molecule has 1 amide bonds.